The summed E-state index contributed by atoms with van der Waals surface area (Å²) >= 11 is 0. The predicted molar refractivity (Wildman–Crippen MR) is 175 cm³/mol. The zero-order chi connectivity index (χ0) is 32.7. The number of unbranched alkanes of at least 4 members (excludes halogenated alkanes) is 1. The minimum absolute atomic E-state index is 0.149. The van der Waals surface area contributed by atoms with Gasteiger partial charge in [-0.3, -0.25) is 14.4 Å². The summed E-state index contributed by atoms with van der Waals surface area (Å²) in [6.45, 7) is 5.10. The summed E-state index contributed by atoms with van der Waals surface area (Å²) in [5.74, 6) is -1.36. The van der Waals surface area contributed by atoms with Crippen LogP contribution in [0.2, 0.25) is 0 Å². The summed E-state index contributed by atoms with van der Waals surface area (Å²) in [7, 11) is 0. The van der Waals surface area contributed by atoms with E-state index in [1.165, 1.54) is 18.3 Å². The molecule has 0 atom stereocenters. The number of hydrazone groups is 1. The van der Waals surface area contributed by atoms with Crippen LogP contribution in [-0.2, 0) is 9.59 Å². The number of carbonyl (C=O) groups is 4. The summed E-state index contributed by atoms with van der Waals surface area (Å²) in [6, 6.07) is 26.3. The molecule has 0 saturated carbocycles. The first-order chi connectivity index (χ1) is 22.4. The van der Waals surface area contributed by atoms with Crippen LogP contribution in [-0.4, -0.2) is 43.1 Å². The fraction of sp³-hybridized carbons (Fsp3) is 0.171. The number of anilines is 2. The van der Waals surface area contributed by atoms with E-state index < -0.39 is 23.7 Å². The summed E-state index contributed by atoms with van der Waals surface area (Å²) in [5.41, 5.74) is 3.95. The molecule has 236 valence electrons. The number of amides is 3. The number of carbonyl (C=O) groups excluding carboxylic acids is 4. The maximum Gasteiger partial charge on any atom is 0.343 e. The van der Waals surface area contributed by atoms with Crippen LogP contribution >= 0.6 is 0 Å². The van der Waals surface area contributed by atoms with Crippen molar-refractivity contribution >= 4 is 41.3 Å². The van der Waals surface area contributed by atoms with Gasteiger partial charge in [-0.2, -0.15) is 5.10 Å². The molecule has 11 heteroatoms. The van der Waals surface area contributed by atoms with E-state index in [4.69, 9.17) is 14.2 Å². The molecule has 3 N–H and O–H groups in total. The summed E-state index contributed by atoms with van der Waals surface area (Å²) < 4.78 is 16.4. The molecule has 0 fully saturated rings. The lowest BCUT2D eigenvalue weighted by Crippen LogP contribution is -2.33. The zero-order valence-corrected chi connectivity index (χ0v) is 25.4. The van der Waals surface area contributed by atoms with Crippen LogP contribution in [0.3, 0.4) is 0 Å². The second kappa shape index (κ2) is 16.8. The van der Waals surface area contributed by atoms with Crippen LogP contribution < -0.4 is 30.3 Å². The second-order valence-corrected chi connectivity index (χ2v) is 9.80. The van der Waals surface area contributed by atoms with E-state index in [9.17, 15) is 19.2 Å². The van der Waals surface area contributed by atoms with Crippen LogP contribution in [0.25, 0.3) is 0 Å². The number of nitrogens with zero attached hydrogens (tertiary/aromatic N) is 1. The summed E-state index contributed by atoms with van der Waals surface area (Å²) in [6.07, 6.45) is 3.31. The van der Waals surface area contributed by atoms with E-state index >= 15 is 0 Å². The van der Waals surface area contributed by atoms with Gasteiger partial charge in [-0.25, -0.2) is 10.2 Å². The SMILES string of the molecule is CCCCOc1ccc(C(=O)Oc2ccc(/C=N/NC(=O)C(=O)Nc3ccccc3C(=O)Nc3ccc(OCC)cc3)cc2)cc1. The topological polar surface area (TPSA) is 144 Å². The molecule has 3 amide bonds. The Bertz CT molecular complexity index is 1670. The Balaban J connectivity index is 1.26. The first-order valence-electron chi connectivity index (χ1n) is 14.7. The second-order valence-electron chi connectivity index (χ2n) is 9.80. The highest BCUT2D eigenvalue weighted by molar-refractivity contribution is 6.40. The van der Waals surface area contributed by atoms with Gasteiger partial charge in [0.05, 0.1) is 36.2 Å². The van der Waals surface area contributed by atoms with Crippen LogP contribution in [0.1, 0.15) is 53.0 Å². The zero-order valence-electron chi connectivity index (χ0n) is 25.4. The van der Waals surface area contributed by atoms with Gasteiger partial charge in [-0.15, -0.1) is 0 Å². The molecular formula is C35H34N4O7. The number of ether oxygens (including phenoxy) is 3. The minimum Gasteiger partial charge on any atom is -0.494 e. The van der Waals surface area contributed by atoms with Gasteiger partial charge >= 0.3 is 17.8 Å². The molecule has 0 radical (unpaired) electrons. The quantitative estimate of drug-likeness (QED) is 0.0425. The third-order valence-electron chi connectivity index (χ3n) is 6.38. The lowest BCUT2D eigenvalue weighted by molar-refractivity contribution is -0.136. The van der Waals surface area contributed by atoms with Crippen molar-refractivity contribution in [1.29, 1.82) is 0 Å². The van der Waals surface area contributed by atoms with Gasteiger partial charge in [0.15, 0.2) is 0 Å². The monoisotopic (exact) mass is 622 g/mol. The van der Waals surface area contributed by atoms with Crippen molar-refractivity contribution in [2.45, 2.75) is 26.7 Å². The molecule has 0 unspecified atom stereocenters. The molecule has 0 aromatic heterocycles. The third kappa shape index (κ3) is 9.78. The summed E-state index contributed by atoms with van der Waals surface area (Å²) in [4.78, 5) is 50.3. The number of esters is 1. The predicted octanol–water partition coefficient (Wildman–Crippen LogP) is 5.82. The molecule has 11 nitrogen and oxygen atoms in total. The van der Waals surface area contributed by atoms with Crippen LogP contribution in [0.15, 0.2) is 102 Å². The molecule has 0 spiro atoms. The number of hydrogen-bond acceptors (Lipinski definition) is 8. The van der Waals surface area contributed by atoms with Gasteiger partial charge in [-0.1, -0.05) is 25.5 Å². The molecule has 0 bridgehead atoms. The van der Waals surface area contributed by atoms with Crippen molar-refractivity contribution in [3.63, 3.8) is 0 Å². The minimum atomic E-state index is -1.04. The Kier molecular flexibility index (Phi) is 12.0. The van der Waals surface area contributed by atoms with E-state index in [2.05, 4.69) is 28.1 Å². The molecule has 0 aliphatic heterocycles. The lowest BCUT2D eigenvalue weighted by Gasteiger charge is -2.11. The average Bonchev–Trinajstić information content (AvgIpc) is 3.07. The standard InChI is InChI=1S/C35H34N4O7/c1-3-5-22-45-28-18-12-25(13-19-28)35(43)46-29-16-10-24(11-17-29)23-36-39-34(42)33(41)38-31-9-7-6-8-30(31)32(40)37-26-14-20-27(21-15-26)44-4-2/h6-21,23H,3-5,22H2,1-2H3,(H,37,40)(H,38,41)(H,39,42)/b36-23+. The molecule has 0 aliphatic carbocycles. The molecule has 0 aliphatic rings. The van der Waals surface area contributed by atoms with Crippen LogP contribution in [0.5, 0.6) is 17.2 Å². The number of hydrogen-bond donors (Lipinski definition) is 3. The Morgan fingerprint density at radius 2 is 1.37 bits per heavy atom. The Labute approximate surface area is 266 Å². The fourth-order valence-corrected chi connectivity index (χ4v) is 3.99. The average molecular weight is 623 g/mol. The first-order valence-corrected chi connectivity index (χ1v) is 14.7. The number of nitrogens with one attached hydrogen (secondary N) is 3. The van der Waals surface area contributed by atoms with E-state index in [-0.39, 0.29) is 11.3 Å². The molecule has 4 aromatic rings. The third-order valence-corrected chi connectivity index (χ3v) is 6.38. The number of benzene rings is 4. The van der Waals surface area contributed by atoms with Gasteiger partial charge < -0.3 is 24.8 Å². The van der Waals surface area contributed by atoms with Gasteiger partial charge in [-0.05, 0) is 104 Å². The highest BCUT2D eigenvalue weighted by Gasteiger charge is 2.18. The van der Waals surface area contributed by atoms with Crippen molar-refractivity contribution in [3.05, 3.63) is 114 Å². The van der Waals surface area contributed by atoms with Crippen molar-refractivity contribution in [2.75, 3.05) is 23.8 Å². The van der Waals surface area contributed by atoms with Crippen LogP contribution in [0, 0.1) is 0 Å². The number of para-hydroxylation sites is 1. The molecular weight excluding hydrogens is 588 g/mol. The highest BCUT2D eigenvalue weighted by Crippen LogP contribution is 2.20. The Morgan fingerprint density at radius 3 is 2.07 bits per heavy atom. The van der Waals surface area contributed by atoms with E-state index in [1.54, 1.807) is 84.9 Å². The van der Waals surface area contributed by atoms with Gasteiger partial charge in [0.2, 0.25) is 0 Å². The smallest absolute Gasteiger partial charge is 0.343 e. The van der Waals surface area contributed by atoms with Crippen molar-refractivity contribution < 1.29 is 33.4 Å². The molecule has 46 heavy (non-hydrogen) atoms. The van der Waals surface area contributed by atoms with Crippen molar-refractivity contribution in [2.24, 2.45) is 5.10 Å². The normalized spacial score (nSPS) is 10.6. The maximum atomic E-state index is 12.9. The number of rotatable bonds is 13. The molecule has 0 saturated heterocycles. The molecule has 4 aromatic carbocycles. The highest BCUT2D eigenvalue weighted by atomic mass is 16.5. The van der Waals surface area contributed by atoms with Crippen LogP contribution in [0.4, 0.5) is 11.4 Å². The van der Waals surface area contributed by atoms with Gasteiger partial charge in [0.1, 0.15) is 17.2 Å². The van der Waals surface area contributed by atoms with E-state index in [0.717, 1.165) is 12.8 Å². The van der Waals surface area contributed by atoms with E-state index in [0.29, 0.717) is 47.3 Å². The first kappa shape index (κ1) is 32.9. The lowest BCUT2D eigenvalue weighted by atomic mass is 10.1. The fourth-order valence-electron chi connectivity index (χ4n) is 3.99. The largest absolute Gasteiger partial charge is 0.494 e. The van der Waals surface area contributed by atoms with Gasteiger partial charge in [0, 0.05) is 5.69 Å². The van der Waals surface area contributed by atoms with Crippen molar-refractivity contribution in [3.8, 4) is 17.2 Å². The van der Waals surface area contributed by atoms with Crippen molar-refractivity contribution in [1.82, 2.24) is 5.43 Å². The van der Waals surface area contributed by atoms with Gasteiger partial charge in [0.25, 0.3) is 5.91 Å². The molecule has 4 rings (SSSR count). The molecule has 0 heterocycles. The maximum absolute atomic E-state index is 12.9. The Hall–Kier alpha value is -5.97. The van der Waals surface area contributed by atoms with E-state index in [1.807, 2.05) is 6.92 Å². The summed E-state index contributed by atoms with van der Waals surface area (Å²) in [5, 5.41) is 9.01. The Morgan fingerprint density at radius 1 is 0.717 bits per heavy atom.